The van der Waals surface area contributed by atoms with E-state index in [-0.39, 0.29) is 5.25 Å². The average molecular weight is 336 g/mol. The third-order valence-corrected chi connectivity index (χ3v) is 6.64. The van der Waals surface area contributed by atoms with Gasteiger partial charge in [-0.05, 0) is 24.6 Å². The van der Waals surface area contributed by atoms with Crippen LogP contribution in [0.4, 0.5) is 8.78 Å². The van der Waals surface area contributed by atoms with Gasteiger partial charge >= 0.3 is 0 Å². The fourth-order valence-electron chi connectivity index (χ4n) is 2.22. The van der Waals surface area contributed by atoms with E-state index in [9.17, 15) is 17.2 Å². The molecule has 1 heterocycles. The Morgan fingerprint density at radius 1 is 1.29 bits per heavy atom. The maximum atomic E-state index is 13.8. The predicted molar refractivity (Wildman–Crippen MR) is 80.4 cm³/mol. The Hall–Kier alpha value is -0.700. The lowest BCUT2D eigenvalue weighted by Crippen LogP contribution is -2.41. The first-order valence-corrected chi connectivity index (χ1v) is 9.01. The second-order valence-electron chi connectivity index (χ2n) is 5.00. The highest BCUT2D eigenvalue weighted by Gasteiger charge is 2.29. The molecule has 1 aliphatic heterocycles. The van der Waals surface area contributed by atoms with Crippen LogP contribution in [0.5, 0.6) is 0 Å². The topological polar surface area (TPSA) is 40.6 Å². The van der Waals surface area contributed by atoms with Gasteiger partial charge in [-0.1, -0.05) is 0 Å². The van der Waals surface area contributed by atoms with Crippen LogP contribution in [-0.2, 0) is 10.2 Å². The zero-order chi connectivity index (χ0) is 15.6. The van der Waals surface area contributed by atoms with E-state index in [4.69, 9.17) is 0 Å². The lowest BCUT2D eigenvalue weighted by molar-refractivity contribution is 0.387. The first-order chi connectivity index (χ1) is 9.82. The van der Waals surface area contributed by atoms with Crippen LogP contribution in [-0.4, -0.2) is 50.0 Å². The van der Waals surface area contributed by atoms with E-state index in [1.807, 2.05) is 0 Å². The third-order valence-electron chi connectivity index (χ3n) is 3.39. The van der Waals surface area contributed by atoms with Crippen LogP contribution in [0.1, 0.15) is 17.2 Å². The van der Waals surface area contributed by atoms with E-state index >= 15 is 0 Å². The zero-order valence-electron chi connectivity index (χ0n) is 11.9. The average Bonchev–Trinajstić information content (AvgIpc) is 2.67. The monoisotopic (exact) mass is 336 g/mol. The molecule has 118 valence electrons. The molecule has 1 saturated heterocycles. The van der Waals surface area contributed by atoms with Crippen LogP contribution >= 0.6 is 11.8 Å². The van der Waals surface area contributed by atoms with Gasteiger partial charge in [0.1, 0.15) is 11.6 Å². The number of hydrogen-bond acceptors (Lipinski definition) is 3. The summed E-state index contributed by atoms with van der Waals surface area (Å²) in [6.07, 6.45) is 0.456. The molecule has 1 aromatic carbocycles. The summed E-state index contributed by atoms with van der Waals surface area (Å²) in [6.45, 7) is 0.673. The molecule has 0 N–H and O–H groups in total. The molecule has 0 bridgehead atoms. The highest BCUT2D eigenvalue weighted by atomic mass is 32.2. The molecule has 1 fully saturated rings. The minimum Gasteiger partial charge on any atom is -0.207 e. The summed E-state index contributed by atoms with van der Waals surface area (Å²) in [6, 6.07) is 3.40. The predicted octanol–water partition coefficient (Wildman–Crippen LogP) is 2.25. The summed E-state index contributed by atoms with van der Waals surface area (Å²) in [4.78, 5) is 0. The molecule has 4 nitrogen and oxygen atoms in total. The van der Waals surface area contributed by atoms with Crippen LogP contribution in [0.3, 0.4) is 0 Å². The van der Waals surface area contributed by atoms with Gasteiger partial charge in [-0.25, -0.2) is 8.78 Å². The SMILES string of the molecule is CN(C)S(=O)(=O)N1CCS[C@H](c2cc(F)ccc2F)CC1. The van der Waals surface area contributed by atoms with E-state index < -0.39 is 21.8 Å². The van der Waals surface area contributed by atoms with Crippen molar-refractivity contribution in [3.63, 3.8) is 0 Å². The molecule has 0 aromatic heterocycles. The highest BCUT2D eigenvalue weighted by molar-refractivity contribution is 7.99. The van der Waals surface area contributed by atoms with Gasteiger partial charge in [-0.3, -0.25) is 0 Å². The molecule has 2 rings (SSSR count). The molecule has 0 radical (unpaired) electrons. The summed E-state index contributed by atoms with van der Waals surface area (Å²) < 4.78 is 53.9. The van der Waals surface area contributed by atoms with Crippen molar-refractivity contribution in [1.82, 2.24) is 8.61 Å². The number of benzene rings is 1. The first-order valence-electron chi connectivity index (χ1n) is 6.56. The van der Waals surface area contributed by atoms with Crippen molar-refractivity contribution in [2.24, 2.45) is 0 Å². The van der Waals surface area contributed by atoms with Gasteiger partial charge in [0.15, 0.2) is 0 Å². The van der Waals surface area contributed by atoms with Crippen molar-refractivity contribution in [3.8, 4) is 0 Å². The molecule has 21 heavy (non-hydrogen) atoms. The largest absolute Gasteiger partial charge is 0.281 e. The fourth-order valence-corrected chi connectivity index (χ4v) is 4.70. The molecule has 0 spiro atoms. The molecule has 8 heteroatoms. The molecule has 1 aromatic rings. The molecule has 0 unspecified atom stereocenters. The Labute approximate surface area is 128 Å². The Morgan fingerprint density at radius 2 is 2.00 bits per heavy atom. The summed E-state index contributed by atoms with van der Waals surface area (Å²) in [5.41, 5.74) is 0.309. The van der Waals surface area contributed by atoms with Crippen molar-refractivity contribution < 1.29 is 17.2 Å². The molecule has 1 aliphatic rings. The number of halogens is 2. The summed E-state index contributed by atoms with van der Waals surface area (Å²) in [7, 11) is -0.495. The zero-order valence-corrected chi connectivity index (χ0v) is 13.6. The van der Waals surface area contributed by atoms with Gasteiger partial charge in [0.2, 0.25) is 0 Å². The van der Waals surface area contributed by atoms with E-state index in [1.54, 1.807) is 0 Å². The van der Waals surface area contributed by atoms with Crippen LogP contribution in [0, 0.1) is 11.6 Å². The number of rotatable bonds is 3. The molecule has 0 aliphatic carbocycles. The van der Waals surface area contributed by atoms with Crippen LogP contribution < -0.4 is 0 Å². The van der Waals surface area contributed by atoms with Crippen molar-refractivity contribution in [2.75, 3.05) is 32.9 Å². The van der Waals surface area contributed by atoms with Gasteiger partial charge in [-0.2, -0.15) is 28.8 Å². The Morgan fingerprint density at radius 3 is 2.67 bits per heavy atom. The summed E-state index contributed by atoms with van der Waals surface area (Å²) >= 11 is 1.46. The van der Waals surface area contributed by atoms with Crippen molar-refractivity contribution in [1.29, 1.82) is 0 Å². The smallest absolute Gasteiger partial charge is 0.207 e. The quantitative estimate of drug-likeness (QED) is 0.850. The number of thioether (sulfide) groups is 1. The van der Waals surface area contributed by atoms with Gasteiger partial charge in [0.05, 0.1) is 0 Å². The van der Waals surface area contributed by atoms with Gasteiger partial charge in [0, 0.05) is 43.8 Å². The standard InChI is InChI=1S/C13H18F2N2O2S2/c1-16(2)21(18,19)17-6-5-13(20-8-7-17)11-9-10(14)3-4-12(11)15/h3-4,9,13H,5-8H2,1-2H3/t13-/m0/s1. The maximum Gasteiger partial charge on any atom is 0.281 e. The maximum absolute atomic E-state index is 13.8. The lowest BCUT2D eigenvalue weighted by Gasteiger charge is -2.23. The molecule has 0 amide bonds. The van der Waals surface area contributed by atoms with Gasteiger partial charge in [-0.15, -0.1) is 0 Å². The van der Waals surface area contributed by atoms with Crippen LogP contribution in [0.2, 0.25) is 0 Å². The fraction of sp³-hybridized carbons (Fsp3) is 0.538. The van der Waals surface area contributed by atoms with Crippen LogP contribution in [0.15, 0.2) is 18.2 Å². The molecule has 1 atom stereocenters. The summed E-state index contributed by atoms with van der Waals surface area (Å²) in [5, 5.41) is -0.233. The minimum atomic E-state index is -3.46. The Bertz CT molecular complexity index is 608. The second-order valence-corrected chi connectivity index (χ2v) is 8.46. The summed E-state index contributed by atoms with van der Waals surface area (Å²) in [5.74, 6) is -0.375. The first kappa shape index (κ1) is 16.7. The van der Waals surface area contributed by atoms with Gasteiger partial charge in [0.25, 0.3) is 10.2 Å². The second kappa shape index (κ2) is 6.60. The van der Waals surface area contributed by atoms with E-state index in [2.05, 4.69) is 0 Å². The van der Waals surface area contributed by atoms with Crippen molar-refractivity contribution in [2.45, 2.75) is 11.7 Å². The van der Waals surface area contributed by atoms with E-state index in [0.717, 1.165) is 12.1 Å². The van der Waals surface area contributed by atoms with Crippen LogP contribution in [0.25, 0.3) is 0 Å². The van der Waals surface area contributed by atoms with E-state index in [0.29, 0.717) is 30.8 Å². The van der Waals surface area contributed by atoms with Crippen molar-refractivity contribution in [3.05, 3.63) is 35.4 Å². The van der Waals surface area contributed by atoms with Crippen molar-refractivity contribution >= 4 is 22.0 Å². The minimum absolute atomic E-state index is 0.233. The van der Waals surface area contributed by atoms with E-state index in [1.165, 1.54) is 40.5 Å². The Balaban J connectivity index is 2.16. The highest BCUT2D eigenvalue weighted by Crippen LogP contribution is 2.36. The lowest BCUT2D eigenvalue weighted by atomic mass is 10.1. The molecule has 0 saturated carbocycles. The third kappa shape index (κ3) is 3.74. The number of nitrogens with zero attached hydrogens (tertiary/aromatic N) is 2. The van der Waals surface area contributed by atoms with Gasteiger partial charge < -0.3 is 0 Å². The molecular weight excluding hydrogens is 318 g/mol. The molecular formula is C13H18F2N2O2S2. The normalized spacial score (nSPS) is 21.5. The Kier molecular flexibility index (Phi) is 5.24. The number of hydrogen-bond donors (Lipinski definition) is 0.